The molecular formula is C22H34NO3+. The van der Waals surface area contributed by atoms with Crippen molar-refractivity contribution in [2.75, 3.05) is 33.9 Å². The first kappa shape index (κ1) is 19.4. The van der Waals surface area contributed by atoms with Crippen LogP contribution in [0.1, 0.15) is 32.3 Å². The van der Waals surface area contributed by atoms with Gasteiger partial charge in [0.1, 0.15) is 24.9 Å². The minimum atomic E-state index is -0.438. The Bertz CT molecular complexity index is 640. The molecule has 0 aliphatic heterocycles. The molecule has 4 rings (SSSR count). The number of fused-ring (bicyclic) bond motifs is 1. The number of methoxy groups -OCH3 is 1. The third-order valence-electron chi connectivity index (χ3n) is 6.39. The summed E-state index contributed by atoms with van der Waals surface area (Å²) in [7, 11) is 3.78. The molecule has 26 heavy (non-hydrogen) atoms. The second kappa shape index (κ2) is 8.12. The minimum Gasteiger partial charge on any atom is -0.497 e. The number of benzene rings is 1. The highest BCUT2D eigenvalue weighted by atomic mass is 16.5. The first-order valence-electron chi connectivity index (χ1n) is 9.79. The van der Waals surface area contributed by atoms with Crippen LogP contribution in [0.25, 0.3) is 0 Å². The van der Waals surface area contributed by atoms with Gasteiger partial charge in [0.2, 0.25) is 0 Å². The molecule has 3 aliphatic rings. The third-order valence-corrected chi connectivity index (χ3v) is 6.39. The molecule has 1 unspecified atom stereocenters. The van der Waals surface area contributed by atoms with Crippen LogP contribution in [0.4, 0.5) is 0 Å². The maximum absolute atomic E-state index is 10.3. The summed E-state index contributed by atoms with van der Waals surface area (Å²) in [6.07, 6.45) is 4.44. The van der Waals surface area contributed by atoms with Crippen molar-refractivity contribution in [3.63, 3.8) is 0 Å². The fraction of sp³-hybridized carbons (Fsp3) is 0.636. The molecule has 1 fully saturated rings. The van der Waals surface area contributed by atoms with Gasteiger partial charge in [-0.2, -0.15) is 0 Å². The SMILES string of the molecule is COc1cccc(C[NH+](C)C[C@@H](O)COCC2=CC[C@@H]3C[C@H]2C3(C)C)c1. The monoisotopic (exact) mass is 360 g/mol. The smallest absolute Gasteiger partial charge is 0.126 e. The van der Waals surface area contributed by atoms with Gasteiger partial charge in [-0.05, 0) is 47.8 Å². The van der Waals surface area contributed by atoms with E-state index in [9.17, 15) is 5.11 Å². The topological polar surface area (TPSA) is 43.1 Å². The average molecular weight is 361 g/mol. The summed E-state index contributed by atoms with van der Waals surface area (Å²) in [4.78, 5) is 1.26. The van der Waals surface area contributed by atoms with Gasteiger partial charge in [-0.1, -0.05) is 32.1 Å². The summed E-state index contributed by atoms with van der Waals surface area (Å²) >= 11 is 0. The molecule has 0 saturated heterocycles. The van der Waals surface area contributed by atoms with Gasteiger partial charge >= 0.3 is 0 Å². The molecule has 0 radical (unpaired) electrons. The predicted molar refractivity (Wildman–Crippen MR) is 103 cm³/mol. The van der Waals surface area contributed by atoms with Crippen molar-refractivity contribution in [3.8, 4) is 5.75 Å². The van der Waals surface area contributed by atoms with Gasteiger partial charge in [-0.3, -0.25) is 0 Å². The lowest BCUT2D eigenvalue weighted by molar-refractivity contribution is -0.897. The van der Waals surface area contributed by atoms with E-state index in [1.807, 2.05) is 12.1 Å². The van der Waals surface area contributed by atoms with Crippen LogP contribution in [0.5, 0.6) is 5.75 Å². The maximum Gasteiger partial charge on any atom is 0.126 e. The predicted octanol–water partition coefficient (Wildman–Crippen LogP) is 2.08. The molecule has 3 aliphatic carbocycles. The molecule has 4 heteroatoms. The Balaban J connectivity index is 1.38. The maximum atomic E-state index is 10.3. The number of aliphatic hydroxyl groups is 1. The molecule has 0 aromatic heterocycles. The quantitative estimate of drug-likeness (QED) is 0.663. The van der Waals surface area contributed by atoms with Gasteiger partial charge in [-0.15, -0.1) is 0 Å². The molecule has 1 saturated carbocycles. The van der Waals surface area contributed by atoms with Crippen molar-refractivity contribution in [2.45, 2.75) is 39.3 Å². The van der Waals surface area contributed by atoms with Crippen molar-refractivity contribution >= 4 is 0 Å². The Kier molecular flexibility index (Phi) is 6.06. The van der Waals surface area contributed by atoms with Gasteiger partial charge in [0.05, 0.1) is 27.4 Å². The van der Waals surface area contributed by atoms with E-state index in [-0.39, 0.29) is 0 Å². The molecular weight excluding hydrogens is 326 g/mol. The number of likely N-dealkylation sites (N-methyl/N-ethyl adjacent to an activating group) is 1. The summed E-state index contributed by atoms with van der Waals surface area (Å²) < 4.78 is 11.1. The normalized spacial score (nSPS) is 25.8. The lowest BCUT2D eigenvalue weighted by Gasteiger charge is -2.56. The number of allylic oxidation sites excluding steroid dienone is 1. The highest BCUT2D eigenvalue weighted by Gasteiger charge is 2.50. The Labute approximate surface area is 157 Å². The fourth-order valence-corrected chi connectivity index (χ4v) is 4.62. The van der Waals surface area contributed by atoms with Crippen LogP contribution in [0, 0.1) is 17.3 Å². The lowest BCUT2D eigenvalue weighted by Crippen LogP contribution is -3.08. The molecule has 4 atom stereocenters. The van der Waals surface area contributed by atoms with Crippen LogP contribution >= 0.6 is 0 Å². The molecule has 0 spiro atoms. The fourth-order valence-electron chi connectivity index (χ4n) is 4.62. The second-order valence-electron chi connectivity index (χ2n) is 8.68. The van der Waals surface area contributed by atoms with Crippen LogP contribution in [0.15, 0.2) is 35.9 Å². The van der Waals surface area contributed by atoms with Gasteiger partial charge in [0.25, 0.3) is 0 Å². The van der Waals surface area contributed by atoms with Gasteiger partial charge < -0.3 is 19.5 Å². The van der Waals surface area contributed by atoms with Gasteiger partial charge in [0.15, 0.2) is 0 Å². The van der Waals surface area contributed by atoms with Crippen molar-refractivity contribution in [1.82, 2.24) is 0 Å². The van der Waals surface area contributed by atoms with E-state index in [0.29, 0.717) is 31.1 Å². The number of rotatable bonds is 9. The van der Waals surface area contributed by atoms with E-state index >= 15 is 0 Å². The molecule has 0 amide bonds. The first-order chi connectivity index (χ1) is 12.4. The zero-order chi connectivity index (χ0) is 18.7. The minimum absolute atomic E-state index is 0.406. The van der Waals surface area contributed by atoms with E-state index in [0.717, 1.165) is 18.2 Å². The van der Waals surface area contributed by atoms with Crippen molar-refractivity contribution < 1.29 is 19.5 Å². The first-order valence-corrected chi connectivity index (χ1v) is 9.79. The Morgan fingerprint density at radius 1 is 1.35 bits per heavy atom. The van der Waals surface area contributed by atoms with E-state index in [1.165, 1.54) is 28.9 Å². The largest absolute Gasteiger partial charge is 0.497 e. The number of quaternary nitrogens is 1. The van der Waals surface area contributed by atoms with Crippen LogP contribution in [0.2, 0.25) is 0 Å². The molecule has 2 N–H and O–H groups in total. The summed E-state index contributed by atoms with van der Waals surface area (Å²) in [5.41, 5.74) is 3.10. The lowest BCUT2D eigenvalue weighted by atomic mass is 9.49. The van der Waals surface area contributed by atoms with E-state index in [4.69, 9.17) is 9.47 Å². The van der Waals surface area contributed by atoms with Crippen molar-refractivity contribution in [2.24, 2.45) is 17.3 Å². The van der Waals surface area contributed by atoms with Gasteiger partial charge in [0, 0.05) is 5.56 Å². The number of aliphatic hydroxyl groups excluding tert-OH is 1. The van der Waals surface area contributed by atoms with Crippen molar-refractivity contribution in [3.05, 3.63) is 41.5 Å². The highest BCUT2D eigenvalue weighted by Crippen LogP contribution is 2.59. The molecule has 0 heterocycles. The second-order valence-corrected chi connectivity index (χ2v) is 8.68. The standard InChI is InChI=1S/C22H33NO3/c1-22(2)18-9-8-17(21(22)11-18)14-26-15-19(24)13-23(3)12-16-6-5-7-20(10-16)25-4/h5-8,10,18-19,21,24H,9,11-15H2,1-4H3/p+1/t18-,19-,21-/m1/s1. The Hall–Kier alpha value is -1.36. The zero-order valence-corrected chi connectivity index (χ0v) is 16.6. The van der Waals surface area contributed by atoms with E-state index < -0.39 is 6.10 Å². The molecule has 4 nitrogen and oxygen atoms in total. The molecule has 144 valence electrons. The Morgan fingerprint density at radius 3 is 2.85 bits per heavy atom. The number of nitrogens with one attached hydrogen (secondary N) is 1. The third kappa shape index (κ3) is 4.30. The van der Waals surface area contributed by atoms with Crippen LogP contribution in [-0.2, 0) is 11.3 Å². The number of hydrogen-bond acceptors (Lipinski definition) is 3. The Morgan fingerprint density at radius 2 is 2.15 bits per heavy atom. The molecule has 1 aromatic rings. The highest BCUT2D eigenvalue weighted by molar-refractivity contribution is 5.27. The van der Waals surface area contributed by atoms with Crippen LogP contribution < -0.4 is 9.64 Å². The summed E-state index contributed by atoms with van der Waals surface area (Å²) in [5.74, 6) is 2.41. The zero-order valence-electron chi connectivity index (χ0n) is 16.6. The van der Waals surface area contributed by atoms with Crippen molar-refractivity contribution in [1.29, 1.82) is 0 Å². The van der Waals surface area contributed by atoms with E-state index in [1.54, 1.807) is 7.11 Å². The average Bonchev–Trinajstić information content (AvgIpc) is 2.61. The summed E-state index contributed by atoms with van der Waals surface area (Å²) in [6, 6.07) is 8.10. The number of hydrogen-bond donors (Lipinski definition) is 2. The van der Waals surface area contributed by atoms with E-state index in [2.05, 4.69) is 39.1 Å². The summed E-state index contributed by atoms with van der Waals surface area (Å²) in [5, 5.41) is 10.3. The molecule has 2 bridgehead atoms. The van der Waals surface area contributed by atoms with Crippen LogP contribution in [0.3, 0.4) is 0 Å². The van der Waals surface area contributed by atoms with Gasteiger partial charge in [-0.25, -0.2) is 0 Å². The number of ether oxygens (including phenoxy) is 2. The summed E-state index contributed by atoms with van der Waals surface area (Å²) in [6.45, 7) is 7.37. The van der Waals surface area contributed by atoms with Crippen LogP contribution in [-0.4, -0.2) is 45.1 Å². The molecule has 1 aromatic carbocycles.